The van der Waals surface area contributed by atoms with Crippen LogP contribution in [0.3, 0.4) is 0 Å². The van der Waals surface area contributed by atoms with Crippen LogP contribution >= 0.6 is 23.5 Å². The van der Waals surface area contributed by atoms with Crippen LogP contribution in [0, 0.1) is 0 Å². The minimum atomic E-state index is 0.715. The molecule has 1 saturated heterocycles. The molecule has 1 rings (SSSR count). The first kappa shape index (κ1) is 18.7. The highest BCUT2D eigenvalue weighted by molar-refractivity contribution is 7.99. The predicted octanol–water partition coefficient (Wildman–Crippen LogP) is 4.36. The van der Waals surface area contributed by atoms with E-state index < -0.39 is 0 Å². The Kier molecular flexibility index (Phi) is 10.5. The van der Waals surface area contributed by atoms with E-state index in [9.17, 15) is 0 Å². The molecule has 0 radical (unpaired) electrons. The molecule has 1 fully saturated rings. The summed E-state index contributed by atoms with van der Waals surface area (Å²) in [7, 11) is 0. The van der Waals surface area contributed by atoms with Crippen LogP contribution in [0.25, 0.3) is 0 Å². The van der Waals surface area contributed by atoms with Crippen molar-refractivity contribution in [3.63, 3.8) is 0 Å². The largest absolute Gasteiger partial charge is 0.289 e. The quantitative estimate of drug-likeness (QED) is 0.552. The lowest BCUT2D eigenvalue weighted by molar-refractivity contribution is 0.0708. The van der Waals surface area contributed by atoms with Crippen molar-refractivity contribution in [2.24, 2.45) is 0 Å². The number of rotatable bonds is 10. The van der Waals surface area contributed by atoms with Gasteiger partial charge >= 0.3 is 0 Å². The van der Waals surface area contributed by atoms with E-state index in [4.69, 9.17) is 0 Å². The van der Waals surface area contributed by atoms with Crippen LogP contribution in [-0.4, -0.2) is 58.2 Å². The van der Waals surface area contributed by atoms with Crippen LogP contribution in [0.1, 0.15) is 53.4 Å². The Balaban J connectivity index is 2.22. The van der Waals surface area contributed by atoms with Gasteiger partial charge in [-0.3, -0.25) is 9.80 Å². The molecule has 0 aromatic carbocycles. The highest BCUT2D eigenvalue weighted by Crippen LogP contribution is 2.20. The molecule has 0 aliphatic carbocycles. The number of unbranched alkanes of at least 4 members (excludes halogenated alkanes) is 2. The summed E-state index contributed by atoms with van der Waals surface area (Å²) in [6, 6.07) is 1.43. The average molecular weight is 319 g/mol. The fourth-order valence-corrected chi connectivity index (χ4v) is 4.92. The molecule has 2 nitrogen and oxygen atoms in total. The van der Waals surface area contributed by atoms with Gasteiger partial charge in [0.1, 0.15) is 0 Å². The maximum Gasteiger partial charge on any atom is 0.0448 e. The van der Waals surface area contributed by atoms with Crippen molar-refractivity contribution >= 4 is 23.5 Å². The van der Waals surface area contributed by atoms with Gasteiger partial charge in [-0.25, -0.2) is 0 Å². The van der Waals surface area contributed by atoms with Gasteiger partial charge < -0.3 is 0 Å². The molecule has 20 heavy (non-hydrogen) atoms. The molecule has 120 valence electrons. The minimum Gasteiger partial charge on any atom is -0.289 e. The Bertz CT molecular complexity index is 215. The topological polar surface area (TPSA) is 6.48 Å². The van der Waals surface area contributed by atoms with Crippen molar-refractivity contribution < 1.29 is 0 Å². The van der Waals surface area contributed by atoms with Gasteiger partial charge in [-0.05, 0) is 38.2 Å². The highest BCUT2D eigenvalue weighted by atomic mass is 32.2. The van der Waals surface area contributed by atoms with E-state index in [1.807, 2.05) is 0 Å². The summed E-state index contributed by atoms with van der Waals surface area (Å²) in [5.74, 6) is 5.10. The molecule has 0 saturated carbocycles. The van der Waals surface area contributed by atoms with Gasteiger partial charge in [0, 0.05) is 36.9 Å². The van der Waals surface area contributed by atoms with Crippen LogP contribution in [-0.2, 0) is 0 Å². The normalized spacial score (nSPS) is 25.2. The lowest BCUT2D eigenvalue weighted by atomic mass is 10.1. The second kappa shape index (κ2) is 11.2. The summed E-state index contributed by atoms with van der Waals surface area (Å²) in [6.07, 6.45) is 5.37. The standard InChI is InChI=1S/C16H34N2S2/c1-5-7-9-19-13-17-11-16(4)18(12-15(17)3)14-20-10-8-6-2/h15-16H,5-14H2,1-4H3. The Morgan fingerprint density at radius 2 is 1.20 bits per heavy atom. The van der Waals surface area contributed by atoms with Gasteiger partial charge in [-0.2, -0.15) is 0 Å². The van der Waals surface area contributed by atoms with Crippen LogP contribution in [0.4, 0.5) is 0 Å². The lowest BCUT2D eigenvalue weighted by Gasteiger charge is -2.43. The summed E-state index contributed by atoms with van der Waals surface area (Å²) in [5.41, 5.74) is 0. The summed E-state index contributed by atoms with van der Waals surface area (Å²) < 4.78 is 0. The second-order valence-electron chi connectivity index (χ2n) is 6.02. The minimum absolute atomic E-state index is 0.715. The first-order valence-electron chi connectivity index (χ1n) is 8.32. The van der Waals surface area contributed by atoms with E-state index >= 15 is 0 Å². The predicted molar refractivity (Wildman–Crippen MR) is 96.8 cm³/mol. The first-order chi connectivity index (χ1) is 9.69. The van der Waals surface area contributed by atoms with Gasteiger partial charge in [0.15, 0.2) is 0 Å². The molecule has 0 N–H and O–H groups in total. The molecule has 2 atom stereocenters. The number of thioether (sulfide) groups is 2. The smallest absolute Gasteiger partial charge is 0.0448 e. The van der Waals surface area contributed by atoms with E-state index in [1.165, 1.54) is 62.0 Å². The third-order valence-electron chi connectivity index (χ3n) is 4.04. The zero-order chi connectivity index (χ0) is 14.8. The van der Waals surface area contributed by atoms with Gasteiger partial charge in [-0.1, -0.05) is 26.7 Å². The molecule has 4 heteroatoms. The van der Waals surface area contributed by atoms with Crippen molar-refractivity contribution in [2.75, 3.05) is 36.3 Å². The molecule has 0 aromatic rings. The van der Waals surface area contributed by atoms with Crippen molar-refractivity contribution in [3.8, 4) is 0 Å². The monoisotopic (exact) mass is 318 g/mol. The van der Waals surface area contributed by atoms with E-state index in [0.29, 0.717) is 12.1 Å². The van der Waals surface area contributed by atoms with Crippen LogP contribution < -0.4 is 0 Å². The zero-order valence-electron chi connectivity index (χ0n) is 13.9. The van der Waals surface area contributed by atoms with Gasteiger partial charge in [-0.15, -0.1) is 23.5 Å². The zero-order valence-corrected chi connectivity index (χ0v) is 15.6. The molecule has 1 aliphatic heterocycles. The summed E-state index contributed by atoms with van der Waals surface area (Å²) in [4.78, 5) is 5.36. The Hall–Kier alpha value is 0.620. The molecular weight excluding hydrogens is 284 g/mol. The van der Waals surface area contributed by atoms with Gasteiger partial charge in [0.05, 0.1) is 0 Å². The van der Waals surface area contributed by atoms with E-state index in [0.717, 1.165) is 0 Å². The first-order valence-corrected chi connectivity index (χ1v) is 10.6. The Morgan fingerprint density at radius 1 is 0.800 bits per heavy atom. The molecule has 0 aromatic heterocycles. The Morgan fingerprint density at radius 3 is 1.55 bits per heavy atom. The van der Waals surface area contributed by atoms with E-state index in [2.05, 4.69) is 61.0 Å². The maximum atomic E-state index is 2.68. The fraction of sp³-hybridized carbons (Fsp3) is 1.00. The number of piperazine rings is 1. The van der Waals surface area contributed by atoms with E-state index in [-0.39, 0.29) is 0 Å². The molecular formula is C16H34N2S2. The molecule has 1 heterocycles. The molecule has 1 aliphatic rings. The third-order valence-corrected chi connectivity index (χ3v) is 6.23. The van der Waals surface area contributed by atoms with E-state index in [1.54, 1.807) is 0 Å². The number of hydrogen-bond acceptors (Lipinski definition) is 4. The van der Waals surface area contributed by atoms with Crippen molar-refractivity contribution in [1.82, 2.24) is 9.80 Å². The highest BCUT2D eigenvalue weighted by Gasteiger charge is 2.28. The van der Waals surface area contributed by atoms with Gasteiger partial charge in [0.2, 0.25) is 0 Å². The van der Waals surface area contributed by atoms with Crippen LogP contribution in [0.2, 0.25) is 0 Å². The lowest BCUT2D eigenvalue weighted by Crippen LogP contribution is -2.55. The van der Waals surface area contributed by atoms with Crippen molar-refractivity contribution in [2.45, 2.75) is 65.5 Å². The summed E-state index contributed by atoms with van der Waals surface area (Å²) in [6.45, 7) is 11.8. The number of nitrogens with zero attached hydrogens (tertiary/aromatic N) is 2. The molecule has 0 spiro atoms. The summed E-state index contributed by atoms with van der Waals surface area (Å²) in [5, 5.41) is 0. The second-order valence-corrected chi connectivity index (χ2v) is 8.17. The molecule has 0 bridgehead atoms. The summed E-state index contributed by atoms with van der Waals surface area (Å²) >= 11 is 4.24. The van der Waals surface area contributed by atoms with Gasteiger partial charge in [0.25, 0.3) is 0 Å². The fourth-order valence-electron chi connectivity index (χ4n) is 2.49. The number of hydrogen-bond donors (Lipinski definition) is 0. The van der Waals surface area contributed by atoms with Crippen molar-refractivity contribution in [3.05, 3.63) is 0 Å². The Labute approximate surface area is 135 Å². The maximum absolute atomic E-state index is 2.68. The van der Waals surface area contributed by atoms with Crippen LogP contribution in [0.15, 0.2) is 0 Å². The SMILES string of the molecule is CCCCSCN1CC(C)N(CSCCCC)CC1C. The third kappa shape index (κ3) is 7.06. The molecule has 2 unspecified atom stereocenters. The average Bonchev–Trinajstić information content (AvgIpc) is 2.44. The van der Waals surface area contributed by atoms with Crippen molar-refractivity contribution in [1.29, 1.82) is 0 Å². The van der Waals surface area contributed by atoms with Crippen LogP contribution in [0.5, 0.6) is 0 Å². The molecule has 0 amide bonds.